The van der Waals surface area contributed by atoms with E-state index < -0.39 is 43.9 Å². The van der Waals surface area contributed by atoms with Gasteiger partial charge in [-0.05, 0) is 13.8 Å². The van der Waals surface area contributed by atoms with E-state index in [2.05, 4.69) is 36.1 Å². The summed E-state index contributed by atoms with van der Waals surface area (Å²) in [6.07, 6.45) is -2.64. The standard InChI is InChI=1S/2C2H6O8P2.2Na/c2*1-2-7-11(4,5)10-12(6,8-2)9-3;;/h2*2-3H,1H3,(H,4,5);;/q;;2*+1/p-2. The summed E-state index contributed by atoms with van der Waals surface area (Å²) in [6.45, 7) is 2.30. The van der Waals surface area contributed by atoms with Gasteiger partial charge >= 0.3 is 74.8 Å². The van der Waals surface area contributed by atoms with E-state index >= 15 is 0 Å². The molecule has 0 aliphatic carbocycles. The van der Waals surface area contributed by atoms with Crippen LogP contribution in [0.4, 0.5) is 0 Å². The Morgan fingerprint density at radius 2 is 1.00 bits per heavy atom. The molecule has 2 fully saturated rings. The first-order valence-corrected chi connectivity index (χ1v) is 11.2. The van der Waals surface area contributed by atoms with Gasteiger partial charge in [0, 0.05) is 0 Å². The third-order valence-electron chi connectivity index (χ3n) is 1.71. The first kappa shape index (κ1) is 30.6. The van der Waals surface area contributed by atoms with Crippen molar-refractivity contribution in [2.45, 2.75) is 26.4 Å². The smallest absolute Gasteiger partial charge is 0.756 e. The summed E-state index contributed by atoms with van der Waals surface area (Å²) >= 11 is 0. The SMILES string of the molecule is CC1OP(=O)([O-])OP(=O)(OO)O1.CC1OP(=O)([O-])OP(=O)(OO)O1.[Na+].[Na+]. The fourth-order valence-corrected chi connectivity index (χ4v) is 5.81. The van der Waals surface area contributed by atoms with Gasteiger partial charge in [0.2, 0.25) is 0 Å². The number of rotatable bonds is 2. The summed E-state index contributed by atoms with van der Waals surface area (Å²) in [5.41, 5.74) is 0. The molecule has 0 amide bonds. The molecule has 26 heavy (non-hydrogen) atoms. The van der Waals surface area contributed by atoms with E-state index in [0.29, 0.717) is 0 Å². The van der Waals surface area contributed by atoms with Crippen molar-refractivity contribution in [2.75, 3.05) is 0 Å². The maximum absolute atomic E-state index is 10.9. The summed E-state index contributed by atoms with van der Waals surface area (Å²) < 4.78 is 73.4. The van der Waals surface area contributed by atoms with Gasteiger partial charge in [-0.25, -0.2) is 28.3 Å². The average molecular weight is 484 g/mol. The molecule has 2 aliphatic rings. The largest absolute Gasteiger partial charge is 1.00 e. The zero-order chi connectivity index (χ0) is 18.8. The summed E-state index contributed by atoms with van der Waals surface area (Å²) in [7, 11) is -18.2. The van der Waals surface area contributed by atoms with Crippen molar-refractivity contribution in [3.63, 3.8) is 0 Å². The van der Waals surface area contributed by atoms with Gasteiger partial charge in [0.1, 0.15) is 0 Å². The molecule has 2 aliphatic heterocycles. The van der Waals surface area contributed by atoms with Crippen LogP contribution in [0.3, 0.4) is 0 Å². The van der Waals surface area contributed by atoms with Crippen molar-refractivity contribution in [2.24, 2.45) is 0 Å². The van der Waals surface area contributed by atoms with Crippen LogP contribution in [0.2, 0.25) is 0 Å². The molecule has 2 N–H and O–H groups in total. The van der Waals surface area contributed by atoms with Crippen LogP contribution in [0.25, 0.3) is 0 Å². The molecule has 2 heterocycles. The topological polar surface area (TPSA) is 229 Å². The minimum Gasteiger partial charge on any atom is -0.756 e. The summed E-state index contributed by atoms with van der Waals surface area (Å²) in [6, 6.07) is 0. The molecule has 0 radical (unpaired) electrons. The minimum absolute atomic E-state index is 0. The van der Waals surface area contributed by atoms with E-state index in [1.165, 1.54) is 0 Å². The Morgan fingerprint density at radius 1 is 0.731 bits per heavy atom. The van der Waals surface area contributed by atoms with E-state index in [4.69, 9.17) is 10.5 Å². The van der Waals surface area contributed by atoms with Crippen LogP contribution in [-0.4, -0.2) is 23.1 Å². The van der Waals surface area contributed by atoms with Crippen molar-refractivity contribution in [3.8, 4) is 0 Å². The second-order valence-electron chi connectivity index (χ2n) is 3.67. The average Bonchev–Trinajstić information content (AvgIpc) is 2.33. The molecule has 0 spiro atoms. The summed E-state index contributed by atoms with van der Waals surface area (Å²) in [5.74, 6) is 0. The van der Waals surface area contributed by atoms with Crippen LogP contribution in [0.5, 0.6) is 0 Å². The molecule has 0 bridgehead atoms. The Morgan fingerprint density at radius 3 is 1.19 bits per heavy atom. The van der Waals surface area contributed by atoms with Gasteiger partial charge in [-0.1, -0.05) is 0 Å². The van der Waals surface area contributed by atoms with Crippen molar-refractivity contribution < 1.29 is 134 Å². The normalized spacial score (nSPS) is 45.3. The molecule has 0 aromatic carbocycles. The monoisotopic (exact) mass is 484 g/mol. The van der Waals surface area contributed by atoms with Gasteiger partial charge in [-0.3, -0.25) is 27.2 Å². The molecular weight excluding hydrogens is 474 g/mol. The fourth-order valence-electron chi connectivity index (χ4n) is 1.16. The molecule has 6 atom stereocenters. The molecule has 16 nitrogen and oxygen atoms in total. The maximum atomic E-state index is 10.9. The second kappa shape index (κ2) is 11.7. The third-order valence-corrected chi connectivity index (χ3v) is 7.53. The van der Waals surface area contributed by atoms with Crippen LogP contribution in [0, 0.1) is 0 Å². The van der Waals surface area contributed by atoms with Gasteiger partial charge in [-0.15, -0.1) is 9.35 Å². The van der Waals surface area contributed by atoms with E-state index in [-0.39, 0.29) is 59.1 Å². The van der Waals surface area contributed by atoms with Crippen molar-refractivity contribution in [1.29, 1.82) is 0 Å². The summed E-state index contributed by atoms with van der Waals surface area (Å²) in [5, 5.41) is 15.9. The van der Waals surface area contributed by atoms with Crippen molar-refractivity contribution in [1.82, 2.24) is 0 Å². The van der Waals surface area contributed by atoms with Crippen LogP contribution < -0.4 is 68.9 Å². The molecule has 22 heteroatoms. The van der Waals surface area contributed by atoms with Gasteiger partial charge in [-0.2, -0.15) is 0 Å². The molecular formula is C4H10Na2O16P4. The first-order valence-electron chi connectivity index (χ1n) is 5.38. The van der Waals surface area contributed by atoms with Crippen molar-refractivity contribution in [3.05, 3.63) is 0 Å². The quantitative estimate of drug-likeness (QED) is 0.162. The number of phosphoric acid groups is 4. The van der Waals surface area contributed by atoms with Gasteiger partial charge in [0.25, 0.3) is 15.6 Å². The third kappa shape index (κ3) is 10.5. The predicted octanol–water partition coefficient (Wildman–Crippen LogP) is -5.07. The predicted molar refractivity (Wildman–Crippen MR) is 63.3 cm³/mol. The van der Waals surface area contributed by atoms with Crippen molar-refractivity contribution >= 4 is 31.3 Å². The Kier molecular flexibility index (Phi) is 13.8. The molecule has 144 valence electrons. The number of hydrogen-bond acceptors (Lipinski definition) is 16. The molecule has 2 saturated heterocycles. The second-order valence-corrected chi connectivity index (χ2v) is 9.73. The minimum atomic E-state index is -4.70. The zero-order valence-electron chi connectivity index (χ0n) is 13.6. The van der Waals surface area contributed by atoms with Crippen LogP contribution in [0.15, 0.2) is 0 Å². The van der Waals surface area contributed by atoms with E-state index in [1.807, 2.05) is 0 Å². The maximum Gasteiger partial charge on any atom is 1.00 e. The number of phosphoric ester groups is 2. The molecule has 0 saturated carbocycles. The zero-order valence-corrected chi connectivity index (χ0v) is 21.1. The Balaban J connectivity index is 0. The van der Waals surface area contributed by atoms with E-state index in [0.717, 1.165) is 13.8 Å². The summed E-state index contributed by atoms with van der Waals surface area (Å²) in [4.78, 5) is 21.2. The Labute approximate surface area is 190 Å². The van der Waals surface area contributed by atoms with Gasteiger partial charge < -0.3 is 9.79 Å². The van der Waals surface area contributed by atoms with Crippen LogP contribution in [-0.2, 0) is 54.3 Å². The molecule has 6 unspecified atom stereocenters. The Hall–Kier alpha value is 2.44. The molecule has 2 rings (SSSR count). The Bertz CT molecular complexity index is 584. The number of hydrogen-bond donors (Lipinski definition) is 2. The molecule has 0 aromatic rings. The first-order chi connectivity index (χ1) is 10.7. The van der Waals surface area contributed by atoms with Gasteiger partial charge in [0.05, 0.1) is 0 Å². The van der Waals surface area contributed by atoms with Crippen LogP contribution >= 0.6 is 31.3 Å². The van der Waals surface area contributed by atoms with E-state index in [9.17, 15) is 28.0 Å². The molecule has 0 aromatic heterocycles. The van der Waals surface area contributed by atoms with E-state index in [1.54, 1.807) is 0 Å². The van der Waals surface area contributed by atoms with Crippen LogP contribution in [0.1, 0.15) is 13.8 Å². The van der Waals surface area contributed by atoms with Gasteiger partial charge in [0.15, 0.2) is 12.6 Å². The fraction of sp³-hybridized carbons (Fsp3) is 1.00.